The van der Waals surface area contributed by atoms with Gasteiger partial charge in [0, 0.05) is 26.2 Å². The van der Waals surface area contributed by atoms with E-state index in [4.69, 9.17) is 5.73 Å². The second kappa shape index (κ2) is 7.05. The topological polar surface area (TPSA) is 83.7 Å². The molecule has 0 aromatic heterocycles. The summed E-state index contributed by atoms with van der Waals surface area (Å²) in [6.07, 6.45) is 2.37. The summed E-state index contributed by atoms with van der Waals surface area (Å²) < 4.78 is 27.1. The first-order valence-electron chi connectivity index (χ1n) is 8.90. The van der Waals surface area contributed by atoms with Crippen LogP contribution in [0.25, 0.3) is 0 Å². The fourth-order valence-electron chi connectivity index (χ4n) is 3.74. The van der Waals surface area contributed by atoms with Crippen molar-refractivity contribution in [2.24, 2.45) is 17.1 Å². The predicted octanol–water partition coefficient (Wildman–Crippen LogP) is 1.28. The van der Waals surface area contributed by atoms with Gasteiger partial charge in [-0.05, 0) is 43.4 Å². The van der Waals surface area contributed by atoms with Crippen LogP contribution in [0.3, 0.4) is 0 Å². The van der Waals surface area contributed by atoms with Gasteiger partial charge in [0.05, 0.1) is 10.8 Å². The van der Waals surface area contributed by atoms with Gasteiger partial charge in [0.25, 0.3) is 0 Å². The van der Waals surface area contributed by atoms with E-state index in [1.165, 1.54) is 4.31 Å². The molecule has 2 saturated heterocycles. The van der Waals surface area contributed by atoms with Gasteiger partial charge in [0.1, 0.15) is 0 Å². The first-order chi connectivity index (χ1) is 11.9. The van der Waals surface area contributed by atoms with Gasteiger partial charge in [-0.2, -0.15) is 4.31 Å². The van der Waals surface area contributed by atoms with E-state index in [1.807, 2.05) is 4.90 Å². The van der Waals surface area contributed by atoms with Crippen LogP contribution >= 0.6 is 0 Å². The summed E-state index contributed by atoms with van der Waals surface area (Å²) in [6, 6.07) is 8.44. The number of carbonyl (C=O) groups is 1. The Morgan fingerprint density at radius 3 is 2.64 bits per heavy atom. The summed E-state index contributed by atoms with van der Waals surface area (Å²) in [5.74, 6) is -0.183. The van der Waals surface area contributed by atoms with Crippen LogP contribution in [0.4, 0.5) is 0 Å². The monoisotopic (exact) mass is 365 g/mol. The smallest absolute Gasteiger partial charge is 0.243 e. The fourth-order valence-corrected chi connectivity index (χ4v) is 5.29. The van der Waals surface area contributed by atoms with E-state index in [0.717, 1.165) is 12.8 Å². The predicted molar refractivity (Wildman–Crippen MR) is 96.3 cm³/mol. The lowest BCUT2D eigenvalue weighted by atomic mass is 9.90. The highest BCUT2D eigenvalue weighted by molar-refractivity contribution is 7.89. The van der Waals surface area contributed by atoms with Gasteiger partial charge in [-0.25, -0.2) is 8.42 Å². The maximum atomic E-state index is 12.9. The summed E-state index contributed by atoms with van der Waals surface area (Å²) >= 11 is 0. The highest BCUT2D eigenvalue weighted by Gasteiger charge is 2.40. The van der Waals surface area contributed by atoms with E-state index in [0.29, 0.717) is 37.5 Å². The Balaban J connectivity index is 1.70. The normalized spacial score (nSPS) is 28.2. The third-order valence-electron chi connectivity index (χ3n) is 5.48. The van der Waals surface area contributed by atoms with E-state index in [1.54, 1.807) is 30.3 Å². The number of hydrogen-bond acceptors (Lipinski definition) is 4. The van der Waals surface area contributed by atoms with Crippen molar-refractivity contribution in [3.8, 4) is 0 Å². The van der Waals surface area contributed by atoms with Gasteiger partial charge in [0.15, 0.2) is 0 Å². The van der Waals surface area contributed by atoms with Crippen molar-refractivity contribution < 1.29 is 13.2 Å². The van der Waals surface area contributed by atoms with Crippen LogP contribution in [0.15, 0.2) is 35.2 Å². The molecular weight excluding hydrogens is 338 g/mol. The van der Waals surface area contributed by atoms with Crippen molar-refractivity contribution in [3.63, 3.8) is 0 Å². The third kappa shape index (κ3) is 3.73. The molecule has 2 heterocycles. The molecule has 1 aromatic rings. The minimum atomic E-state index is -3.54. The van der Waals surface area contributed by atoms with Crippen LogP contribution in [-0.2, 0) is 14.8 Å². The first-order valence-corrected chi connectivity index (χ1v) is 10.3. The molecule has 1 amide bonds. The molecule has 3 rings (SSSR count). The molecule has 2 aliphatic heterocycles. The molecule has 25 heavy (non-hydrogen) atoms. The molecule has 2 unspecified atom stereocenters. The zero-order valence-corrected chi connectivity index (χ0v) is 15.5. The summed E-state index contributed by atoms with van der Waals surface area (Å²) in [5.41, 5.74) is 5.81. The van der Waals surface area contributed by atoms with E-state index >= 15 is 0 Å². The molecule has 2 aliphatic rings. The van der Waals surface area contributed by atoms with E-state index in [9.17, 15) is 13.2 Å². The number of nitrogens with zero attached hydrogens (tertiary/aromatic N) is 2. The molecule has 1 aromatic carbocycles. The molecular formula is C18H27N3O3S. The number of hydrogen-bond donors (Lipinski definition) is 1. The second-order valence-electron chi connectivity index (χ2n) is 7.54. The molecule has 0 aliphatic carbocycles. The molecule has 0 spiro atoms. The number of benzene rings is 1. The molecule has 138 valence electrons. The lowest BCUT2D eigenvalue weighted by Crippen LogP contribution is -2.46. The zero-order valence-electron chi connectivity index (χ0n) is 14.7. The lowest BCUT2D eigenvalue weighted by Gasteiger charge is -2.33. The first kappa shape index (κ1) is 18.4. The average Bonchev–Trinajstić information content (AvgIpc) is 3.05. The maximum Gasteiger partial charge on any atom is 0.243 e. The molecule has 2 fully saturated rings. The molecule has 0 radical (unpaired) electrons. The van der Waals surface area contributed by atoms with Crippen molar-refractivity contribution in [1.82, 2.24) is 9.21 Å². The van der Waals surface area contributed by atoms with Crippen LogP contribution in [0.5, 0.6) is 0 Å². The number of carbonyl (C=O) groups excluding carboxylic acids is 1. The number of rotatable bonds is 4. The Morgan fingerprint density at radius 2 is 2.00 bits per heavy atom. The van der Waals surface area contributed by atoms with Gasteiger partial charge in [-0.1, -0.05) is 25.1 Å². The zero-order chi connectivity index (χ0) is 18.1. The molecule has 2 atom stereocenters. The molecule has 0 saturated carbocycles. The number of amides is 1. The summed E-state index contributed by atoms with van der Waals surface area (Å²) in [5, 5.41) is 0. The molecule has 7 heteroatoms. The minimum Gasteiger partial charge on any atom is -0.342 e. The quantitative estimate of drug-likeness (QED) is 0.871. The molecule has 2 N–H and O–H groups in total. The van der Waals surface area contributed by atoms with Gasteiger partial charge < -0.3 is 10.6 Å². The van der Waals surface area contributed by atoms with Crippen LogP contribution < -0.4 is 5.73 Å². The second-order valence-corrected chi connectivity index (χ2v) is 9.48. The summed E-state index contributed by atoms with van der Waals surface area (Å²) in [4.78, 5) is 15.0. The maximum absolute atomic E-state index is 12.9. The van der Waals surface area contributed by atoms with Gasteiger partial charge in [0.2, 0.25) is 15.9 Å². The average molecular weight is 365 g/mol. The number of nitrogens with two attached hydrogens (primary N) is 1. The lowest BCUT2D eigenvalue weighted by molar-refractivity contribution is -0.136. The van der Waals surface area contributed by atoms with Crippen molar-refractivity contribution in [3.05, 3.63) is 30.3 Å². The van der Waals surface area contributed by atoms with Crippen molar-refractivity contribution in [2.75, 3.05) is 32.7 Å². The Kier molecular flexibility index (Phi) is 5.18. The summed E-state index contributed by atoms with van der Waals surface area (Å²) in [7, 11) is -3.54. The number of piperidine rings is 1. The van der Waals surface area contributed by atoms with Crippen molar-refractivity contribution >= 4 is 15.9 Å². The van der Waals surface area contributed by atoms with Crippen molar-refractivity contribution in [2.45, 2.75) is 31.1 Å². The highest BCUT2D eigenvalue weighted by atomic mass is 32.2. The fraction of sp³-hybridized carbons (Fsp3) is 0.611. The number of likely N-dealkylation sites (tertiary alicyclic amines) is 1. The Bertz CT molecular complexity index is 722. The van der Waals surface area contributed by atoms with Crippen LogP contribution in [0, 0.1) is 11.3 Å². The molecule has 6 nitrogen and oxygen atoms in total. The third-order valence-corrected chi connectivity index (χ3v) is 7.36. The summed E-state index contributed by atoms with van der Waals surface area (Å²) in [6.45, 7) is 4.80. The SMILES string of the molecule is CC1(CN)CCN(C(=O)C2CCCN(S(=O)(=O)c3ccccc3)C2)C1. The Hall–Kier alpha value is -1.44. The number of sulfonamides is 1. The van der Waals surface area contributed by atoms with Gasteiger partial charge >= 0.3 is 0 Å². The van der Waals surface area contributed by atoms with Crippen molar-refractivity contribution in [1.29, 1.82) is 0 Å². The van der Waals surface area contributed by atoms with Gasteiger partial charge in [-0.3, -0.25) is 4.79 Å². The Labute approximate surface area is 150 Å². The standard InChI is InChI=1S/C18H27N3O3S/c1-18(13-19)9-11-20(14-18)17(22)15-6-5-10-21(12-15)25(23,24)16-7-3-2-4-8-16/h2-4,7-8,15H,5-6,9-14,19H2,1H3. The molecule has 0 bridgehead atoms. The van der Waals surface area contributed by atoms with E-state index < -0.39 is 10.0 Å². The van der Waals surface area contributed by atoms with Crippen LogP contribution in [-0.4, -0.2) is 56.3 Å². The van der Waals surface area contributed by atoms with E-state index in [2.05, 4.69) is 6.92 Å². The van der Waals surface area contributed by atoms with Crippen LogP contribution in [0.2, 0.25) is 0 Å². The van der Waals surface area contributed by atoms with Crippen LogP contribution in [0.1, 0.15) is 26.2 Å². The Morgan fingerprint density at radius 1 is 1.28 bits per heavy atom. The largest absolute Gasteiger partial charge is 0.342 e. The highest BCUT2D eigenvalue weighted by Crippen LogP contribution is 2.31. The van der Waals surface area contributed by atoms with E-state index in [-0.39, 0.29) is 23.8 Å². The van der Waals surface area contributed by atoms with Gasteiger partial charge in [-0.15, -0.1) is 0 Å². The minimum absolute atomic E-state index is 0.0138.